The molecule has 2 heteroatoms. The molecule has 1 unspecified atom stereocenters. The van der Waals surface area contributed by atoms with Gasteiger partial charge in [-0.15, -0.1) is 0 Å². The summed E-state index contributed by atoms with van der Waals surface area (Å²) in [6.07, 6.45) is 17.4. The molecule has 22 heavy (non-hydrogen) atoms. The highest BCUT2D eigenvalue weighted by Gasteiger charge is 2.28. The normalized spacial score (nSPS) is 13.8. The summed E-state index contributed by atoms with van der Waals surface area (Å²) >= 11 is 0. The lowest BCUT2D eigenvalue weighted by Gasteiger charge is -2.30. The van der Waals surface area contributed by atoms with Crippen LogP contribution in [0.15, 0.2) is 0 Å². The van der Waals surface area contributed by atoms with Gasteiger partial charge in [0.1, 0.15) is 0 Å². The standard InChI is InChI=1S/C20H44OSi/c1-7-8-9-10-11-12-13-14-15-16-17-18-20(4)21-22(5,6)19(2)3/h19-20H,7-18H2,1-6H3. The van der Waals surface area contributed by atoms with Gasteiger partial charge in [0, 0.05) is 6.10 Å². The van der Waals surface area contributed by atoms with E-state index in [9.17, 15) is 0 Å². The van der Waals surface area contributed by atoms with E-state index in [2.05, 4.69) is 40.8 Å². The van der Waals surface area contributed by atoms with Gasteiger partial charge < -0.3 is 4.43 Å². The topological polar surface area (TPSA) is 9.23 Å². The summed E-state index contributed by atoms with van der Waals surface area (Å²) in [4.78, 5) is 0. The second kappa shape index (κ2) is 13.6. The Bertz CT molecular complexity index is 238. The first-order valence-corrected chi connectivity index (χ1v) is 13.1. The van der Waals surface area contributed by atoms with Gasteiger partial charge in [0.25, 0.3) is 0 Å². The Labute approximate surface area is 142 Å². The van der Waals surface area contributed by atoms with Gasteiger partial charge in [0.2, 0.25) is 0 Å². The van der Waals surface area contributed by atoms with Crippen LogP contribution in [0.2, 0.25) is 18.6 Å². The fraction of sp³-hybridized carbons (Fsp3) is 1.00. The second-order valence-corrected chi connectivity index (χ2v) is 12.6. The monoisotopic (exact) mass is 328 g/mol. The average Bonchev–Trinajstić information content (AvgIpc) is 2.44. The van der Waals surface area contributed by atoms with E-state index < -0.39 is 8.32 Å². The van der Waals surface area contributed by atoms with Crippen LogP contribution in [0.1, 0.15) is 105 Å². The van der Waals surface area contributed by atoms with Crippen molar-refractivity contribution in [1.82, 2.24) is 0 Å². The van der Waals surface area contributed by atoms with Crippen molar-refractivity contribution in [3.05, 3.63) is 0 Å². The molecule has 0 N–H and O–H groups in total. The first kappa shape index (κ1) is 22.2. The molecule has 0 aromatic heterocycles. The molecule has 0 rings (SSSR count). The predicted octanol–water partition coefficient (Wildman–Crippen LogP) is 7.71. The van der Waals surface area contributed by atoms with Crippen LogP contribution in [-0.2, 0) is 4.43 Å². The van der Waals surface area contributed by atoms with Crippen molar-refractivity contribution in [3.63, 3.8) is 0 Å². The van der Waals surface area contributed by atoms with E-state index in [1.807, 2.05) is 0 Å². The molecule has 0 aliphatic carbocycles. The zero-order chi connectivity index (χ0) is 16.8. The summed E-state index contributed by atoms with van der Waals surface area (Å²) in [6.45, 7) is 13.9. The molecular formula is C20H44OSi. The highest BCUT2D eigenvalue weighted by Crippen LogP contribution is 2.24. The van der Waals surface area contributed by atoms with Crippen LogP contribution in [0.3, 0.4) is 0 Å². The molecule has 0 aliphatic rings. The lowest BCUT2D eigenvalue weighted by atomic mass is 10.0. The van der Waals surface area contributed by atoms with E-state index in [0.717, 1.165) is 0 Å². The molecule has 134 valence electrons. The Morgan fingerprint density at radius 1 is 0.682 bits per heavy atom. The van der Waals surface area contributed by atoms with Crippen molar-refractivity contribution in [1.29, 1.82) is 0 Å². The Balaban J connectivity index is 3.35. The Kier molecular flexibility index (Phi) is 13.7. The van der Waals surface area contributed by atoms with Gasteiger partial charge in [-0.05, 0) is 32.0 Å². The zero-order valence-corrected chi connectivity index (χ0v) is 17.5. The second-order valence-electron chi connectivity index (χ2n) is 8.01. The molecular weight excluding hydrogens is 284 g/mol. The Morgan fingerprint density at radius 2 is 1.09 bits per heavy atom. The van der Waals surface area contributed by atoms with Gasteiger partial charge in [-0.3, -0.25) is 0 Å². The quantitative estimate of drug-likeness (QED) is 0.221. The fourth-order valence-corrected chi connectivity index (χ4v) is 4.24. The van der Waals surface area contributed by atoms with Crippen LogP contribution in [-0.4, -0.2) is 14.4 Å². The molecule has 0 aromatic carbocycles. The minimum atomic E-state index is -1.44. The first-order valence-electron chi connectivity index (χ1n) is 10.1. The molecule has 0 heterocycles. The summed E-state index contributed by atoms with van der Waals surface area (Å²) in [5.41, 5.74) is 0.715. The molecule has 1 atom stereocenters. The summed E-state index contributed by atoms with van der Waals surface area (Å²) in [5.74, 6) is 0. The third-order valence-corrected chi connectivity index (χ3v) is 8.90. The lowest BCUT2D eigenvalue weighted by molar-refractivity contribution is 0.192. The van der Waals surface area contributed by atoms with Gasteiger partial charge in [0.05, 0.1) is 0 Å². The van der Waals surface area contributed by atoms with Crippen molar-refractivity contribution in [2.24, 2.45) is 0 Å². The highest BCUT2D eigenvalue weighted by molar-refractivity contribution is 6.72. The molecule has 1 nitrogen and oxygen atoms in total. The molecule has 0 aromatic rings. The molecule has 0 saturated heterocycles. The number of unbranched alkanes of at least 4 members (excludes halogenated alkanes) is 10. The summed E-state index contributed by atoms with van der Waals surface area (Å²) < 4.78 is 6.33. The van der Waals surface area contributed by atoms with Crippen LogP contribution in [0.4, 0.5) is 0 Å². The van der Waals surface area contributed by atoms with Crippen molar-refractivity contribution in [3.8, 4) is 0 Å². The van der Waals surface area contributed by atoms with Crippen molar-refractivity contribution in [2.75, 3.05) is 0 Å². The maximum atomic E-state index is 6.33. The van der Waals surface area contributed by atoms with E-state index in [1.54, 1.807) is 0 Å². The van der Waals surface area contributed by atoms with Gasteiger partial charge in [-0.2, -0.15) is 0 Å². The smallest absolute Gasteiger partial charge is 0.189 e. The Morgan fingerprint density at radius 3 is 1.50 bits per heavy atom. The van der Waals surface area contributed by atoms with E-state index in [-0.39, 0.29) is 0 Å². The van der Waals surface area contributed by atoms with E-state index >= 15 is 0 Å². The molecule has 0 amide bonds. The summed E-state index contributed by atoms with van der Waals surface area (Å²) in [5, 5.41) is 0. The number of rotatable bonds is 15. The van der Waals surface area contributed by atoms with Crippen LogP contribution in [0.5, 0.6) is 0 Å². The van der Waals surface area contributed by atoms with Crippen LogP contribution >= 0.6 is 0 Å². The highest BCUT2D eigenvalue weighted by atomic mass is 28.4. The maximum absolute atomic E-state index is 6.33. The first-order chi connectivity index (χ1) is 10.4. The summed E-state index contributed by atoms with van der Waals surface area (Å²) in [7, 11) is -1.44. The maximum Gasteiger partial charge on any atom is 0.189 e. The van der Waals surface area contributed by atoms with Crippen molar-refractivity contribution in [2.45, 2.75) is 129 Å². The van der Waals surface area contributed by atoms with Crippen LogP contribution in [0, 0.1) is 0 Å². The third kappa shape index (κ3) is 12.7. The van der Waals surface area contributed by atoms with Gasteiger partial charge >= 0.3 is 0 Å². The lowest BCUT2D eigenvalue weighted by Crippen LogP contribution is -2.37. The van der Waals surface area contributed by atoms with Crippen molar-refractivity contribution < 1.29 is 4.43 Å². The molecule has 0 aliphatic heterocycles. The van der Waals surface area contributed by atoms with Gasteiger partial charge in [-0.1, -0.05) is 91.4 Å². The van der Waals surface area contributed by atoms with E-state index in [4.69, 9.17) is 4.43 Å². The summed E-state index contributed by atoms with van der Waals surface area (Å²) in [6, 6.07) is 0. The largest absolute Gasteiger partial charge is 0.414 e. The zero-order valence-electron chi connectivity index (χ0n) is 16.5. The number of hydrogen-bond donors (Lipinski definition) is 0. The predicted molar refractivity (Wildman–Crippen MR) is 104 cm³/mol. The molecule has 0 spiro atoms. The molecule has 0 radical (unpaired) electrons. The molecule has 0 fully saturated rings. The SMILES string of the molecule is CCCCCCCCCCCCCC(C)O[Si](C)(C)C(C)C. The minimum absolute atomic E-state index is 0.461. The fourth-order valence-electron chi connectivity index (χ4n) is 2.81. The van der Waals surface area contributed by atoms with E-state index in [1.165, 1.54) is 77.0 Å². The van der Waals surface area contributed by atoms with Gasteiger partial charge in [0.15, 0.2) is 8.32 Å². The third-order valence-electron chi connectivity index (χ3n) is 5.11. The molecule has 0 saturated carbocycles. The molecule has 0 bridgehead atoms. The Hall–Kier alpha value is 0.177. The van der Waals surface area contributed by atoms with Crippen LogP contribution in [0.25, 0.3) is 0 Å². The average molecular weight is 329 g/mol. The van der Waals surface area contributed by atoms with Crippen molar-refractivity contribution >= 4 is 8.32 Å². The van der Waals surface area contributed by atoms with Gasteiger partial charge in [-0.25, -0.2) is 0 Å². The van der Waals surface area contributed by atoms with Crippen LogP contribution < -0.4 is 0 Å². The van der Waals surface area contributed by atoms with E-state index in [0.29, 0.717) is 11.6 Å². The minimum Gasteiger partial charge on any atom is -0.414 e. The number of hydrogen-bond acceptors (Lipinski definition) is 1.